The Morgan fingerprint density at radius 1 is 1.67 bits per heavy atom. The molecule has 1 rings (SSSR count). The van der Waals surface area contributed by atoms with E-state index in [2.05, 4.69) is 17.6 Å². The summed E-state index contributed by atoms with van der Waals surface area (Å²) in [6.45, 7) is 4.07. The predicted octanol–water partition coefficient (Wildman–Crippen LogP) is 2.31. The lowest BCUT2D eigenvalue weighted by molar-refractivity contribution is 0.780. The van der Waals surface area contributed by atoms with E-state index >= 15 is 0 Å². The van der Waals surface area contributed by atoms with Crippen molar-refractivity contribution in [2.75, 3.05) is 0 Å². The van der Waals surface area contributed by atoms with Crippen LogP contribution in [0.4, 0.5) is 0 Å². The van der Waals surface area contributed by atoms with Crippen LogP contribution in [0.15, 0.2) is 11.6 Å². The fourth-order valence-corrected chi connectivity index (χ4v) is 1.40. The summed E-state index contributed by atoms with van der Waals surface area (Å²) in [6.07, 6.45) is 1.80. The predicted molar refractivity (Wildman–Crippen MR) is 44.1 cm³/mol. The van der Waals surface area contributed by atoms with Crippen LogP contribution in [0.2, 0.25) is 0 Å². The Kier molecular flexibility index (Phi) is 1.82. The highest BCUT2D eigenvalue weighted by atomic mass is 32.1. The van der Waals surface area contributed by atoms with Gasteiger partial charge in [0.25, 0.3) is 0 Å². The third kappa shape index (κ3) is 1.69. The maximum absolute atomic E-state index is 4.36. The second-order valence-corrected chi connectivity index (χ2v) is 4.41. The van der Waals surface area contributed by atoms with Gasteiger partial charge in [-0.3, -0.25) is 0 Å². The van der Waals surface area contributed by atoms with Crippen molar-refractivity contribution < 1.29 is 0 Å². The molecule has 0 atom stereocenters. The van der Waals surface area contributed by atoms with E-state index in [0.29, 0.717) is 0 Å². The summed E-state index contributed by atoms with van der Waals surface area (Å²) in [5.74, 6) is 0. The molecule has 3 heteroatoms. The molecule has 0 aliphatic heterocycles. The molecule has 0 aliphatic carbocycles. The SMILES string of the molecule is CC(C)(S)c1nccs1. The molecule has 0 unspecified atom stereocenters. The minimum Gasteiger partial charge on any atom is -0.248 e. The summed E-state index contributed by atoms with van der Waals surface area (Å²) in [6, 6.07) is 0. The number of hydrogen-bond acceptors (Lipinski definition) is 3. The Bertz CT molecular complexity index is 173. The fraction of sp³-hybridized carbons (Fsp3) is 0.500. The quantitative estimate of drug-likeness (QED) is 0.620. The van der Waals surface area contributed by atoms with E-state index in [1.54, 1.807) is 17.5 Å². The third-order valence-corrected chi connectivity index (χ3v) is 2.42. The zero-order chi connectivity index (χ0) is 6.91. The Morgan fingerprint density at radius 2 is 2.33 bits per heavy atom. The topological polar surface area (TPSA) is 12.9 Å². The van der Waals surface area contributed by atoms with E-state index < -0.39 is 0 Å². The van der Waals surface area contributed by atoms with Crippen molar-refractivity contribution >= 4 is 24.0 Å². The Hall–Kier alpha value is -0.0200. The van der Waals surface area contributed by atoms with Gasteiger partial charge in [0.1, 0.15) is 5.01 Å². The highest BCUT2D eigenvalue weighted by Crippen LogP contribution is 2.27. The molecular formula is C6H9NS2. The summed E-state index contributed by atoms with van der Waals surface area (Å²) < 4.78 is -0.0752. The van der Waals surface area contributed by atoms with Gasteiger partial charge in [-0.1, -0.05) is 0 Å². The molecule has 1 aromatic heterocycles. The van der Waals surface area contributed by atoms with Crippen LogP contribution in [0.3, 0.4) is 0 Å². The van der Waals surface area contributed by atoms with Crippen molar-refractivity contribution in [2.45, 2.75) is 18.6 Å². The number of thiol groups is 1. The number of thiazole rings is 1. The molecule has 0 N–H and O–H groups in total. The Balaban J connectivity index is 2.90. The van der Waals surface area contributed by atoms with Gasteiger partial charge in [0.05, 0.1) is 4.75 Å². The first-order valence-electron chi connectivity index (χ1n) is 2.73. The molecule has 0 radical (unpaired) electrons. The van der Waals surface area contributed by atoms with Gasteiger partial charge in [0.2, 0.25) is 0 Å². The minimum atomic E-state index is -0.0752. The van der Waals surface area contributed by atoms with E-state index in [-0.39, 0.29) is 4.75 Å². The minimum absolute atomic E-state index is 0.0752. The van der Waals surface area contributed by atoms with Gasteiger partial charge in [-0.2, -0.15) is 12.6 Å². The van der Waals surface area contributed by atoms with Crippen molar-refractivity contribution in [3.8, 4) is 0 Å². The van der Waals surface area contributed by atoms with Gasteiger partial charge < -0.3 is 0 Å². The molecule has 0 saturated heterocycles. The lowest BCUT2D eigenvalue weighted by Crippen LogP contribution is -2.05. The summed E-state index contributed by atoms with van der Waals surface area (Å²) in [4.78, 5) is 4.13. The zero-order valence-corrected chi connectivity index (χ0v) is 7.17. The first-order chi connectivity index (χ1) is 4.11. The molecule has 0 aromatic carbocycles. The maximum atomic E-state index is 4.36. The maximum Gasteiger partial charge on any atom is 0.108 e. The van der Waals surface area contributed by atoms with Gasteiger partial charge in [-0.25, -0.2) is 4.98 Å². The van der Waals surface area contributed by atoms with Gasteiger partial charge in [-0.15, -0.1) is 11.3 Å². The first kappa shape index (κ1) is 7.09. The molecule has 1 aromatic rings. The van der Waals surface area contributed by atoms with Gasteiger partial charge in [0, 0.05) is 11.6 Å². The van der Waals surface area contributed by atoms with E-state index in [1.807, 2.05) is 19.2 Å². The molecule has 0 amide bonds. The molecule has 0 fully saturated rings. The van der Waals surface area contributed by atoms with Crippen LogP contribution in [0, 0.1) is 0 Å². The number of rotatable bonds is 1. The van der Waals surface area contributed by atoms with Gasteiger partial charge in [-0.05, 0) is 13.8 Å². The van der Waals surface area contributed by atoms with Crippen LogP contribution < -0.4 is 0 Å². The van der Waals surface area contributed by atoms with Crippen molar-refractivity contribution in [3.05, 3.63) is 16.6 Å². The van der Waals surface area contributed by atoms with Crippen LogP contribution in [0.1, 0.15) is 18.9 Å². The third-order valence-electron chi connectivity index (χ3n) is 0.956. The Labute approximate surface area is 64.5 Å². The molecule has 50 valence electrons. The zero-order valence-electron chi connectivity index (χ0n) is 5.46. The molecule has 9 heavy (non-hydrogen) atoms. The normalized spacial score (nSPS) is 11.9. The second-order valence-electron chi connectivity index (χ2n) is 2.40. The largest absolute Gasteiger partial charge is 0.248 e. The highest BCUT2D eigenvalue weighted by Gasteiger charge is 2.16. The number of nitrogens with zero attached hydrogens (tertiary/aromatic N) is 1. The number of hydrogen-bond donors (Lipinski definition) is 1. The number of aromatic nitrogens is 1. The van der Waals surface area contributed by atoms with Crippen LogP contribution in [-0.2, 0) is 4.75 Å². The van der Waals surface area contributed by atoms with Crippen LogP contribution in [0.25, 0.3) is 0 Å². The summed E-state index contributed by atoms with van der Waals surface area (Å²) in [7, 11) is 0. The van der Waals surface area contributed by atoms with Gasteiger partial charge >= 0.3 is 0 Å². The molecule has 1 nitrogen and oxygen atoms in total. The molecule has 1 heterocycles. The fourth-order valence-electron chi connectivity index (χ4n) is 0.526. The smallest absolute Gasteiger partial charge is 0.108 e. The molecular weight excluding hydrogens is 150 g/mol. The molecule has 0 spiro atoms. The Morgan fingerprint density at radius 3 is 2.56 bits per heavy atom. The summed E-state index contributed by atoms with van der Waals surface area (Å²) in [5, 5.41) is 3.04. The molecule has 0 saturated carbocycles. The average Bonchev–Trinajstić information content (AvgIpc) is 2.08. The monoisotopic (exact) mass is 159 g/mol. The van der Waals surface area contributed by atoms with E-state index in [0.717, 1.165) is 5.01 Å². The lowest BCUT2D eigenvalue weighted by Gasteiger charge is -2.11. The standard InChI is InChI=1S/C6H9NS2/c1-6(2,8)5-7-3-4-9-5/h3-4,8H,1-2H3. The first-order valence-corrected chi connectivity index (χ1v) is 4.06. The molecule has 0 aliphatic rings. The lowest BCUT2D eigenvalue weighted by atomic mass is 10.2. The van der Waals surface area contributed by atoms with E-state index in [9.17, 15) is 0 Å². The van der Waals surface area contributed by atoms with Crippen LogP contribution in [-0.4, -0.2) is 4.98 Å². The van der Waals surface area contributed by atoms with Gasteiger partial charge in [0.15, 0.2) is 0 Å². The average molecular weight is 159 g/mol. The molecule has 0 bridgehead atoms. The van der Waals surface area contributed by atoms with Crippen molar-refractivity contribution in [1.29, 1.82) is 0 Å². The van der Waals surface area contributed by atoms with E-state index in [1.165, 1.54) is 0 Å². The van der Waals surface area contributed by atoms with E-state index in [4.69, 9.17) is 0 Å². The highest BCUT2D eigenvalue weighted by molar-refractivity contribution is 7.81. The van der Waals surface area contributed by atoms with Crippen molar-refractivity contribution in [3.63, 3.8) is 0 Å². The summed E-state index contributed by atoms with van der Waals surface area (Å²) >= 11 is 6.00. The van der Waals surface area contributed by atoms with Crippen molar-refractivity contribution in [1.82, 2.24) is 4.98 Å². The van der Waals surface area contributed by atoms with Crippen LogP contribution in [0.5, 0.6) is 0 Å². The van der Waals surface area contributed by atoms with Crippen molar-refractivity contribution in [2.24, 2.45) is 0 Å². The second kappa shape index (κ2) is 2.31. The van der Waals surface area contributed by atoms with Crippen LogP contribution >= 0.6 is 24.0 Å². The summed E-state index contributed by atoms with van der Waals surface area (Å²) in [5.41, 5.74) is 0.